The van der Waals surface area contributed by atoms with Crippen LogP contribution in [0.4, 0.5) is 5.13 Å². The first-order valence-corrected chi connectivity index (χ1v) is 15.3. The van der Waals surface area contributed by atoms with E-state index in [-0.39, 0.29) is 5.78 Å². The van der Waals surface area contributed by atoms with Crippen LogP contribution in [0.5, 0.6) is 0 Å². The lowest BCUT2D eigenvalue weighted by molar-refractivity contribution is -0.116. The van der Waals surface area contributed by atoms with Crippen LogP contribution < -0.4 is 10.6 Å². The van der Waals surface area contributed by atoms with Crippen molar-refractivity contribution in [3.05, 3.63) is 39.7 Å². The van der Waals surface area contributed by atoms with Gasteiger partial charge in [0.15, 0.2) is 10.1 Å². The third-order valence-electron chi connectivity index (χ3n) is 6.56. The quantitative estimate of drug-likeness (QED) is 0.427. The number of thioether (sulfide) groups is 2. The zero-order valence-electron chi connectivity index (χ0n) is 19.1. The molecule has 6 nitrogen and oxygen atoms in total. The third kappa shape index (κ3) is 4.43. The summed E-state index contributed by atoms with van der Waals surface area (Å²) in [6.07, 6.45) is 8.32. The maximum Gasteiger partial charge on any atom is 0.219 e. The number of rotatable bonds is 6. The van der Waals surface area contributed by atoms with Crippen molar-refractivity contribution in [3.8, 4) is 6.07 Å². The maximum atomic E-state index is 13.3. The highest BCUT2D eigenvalue weighted by Gasteiger charge is 2.42. The van der Waals surface area contributed by atoms with Gasteiger partial charge in [0.05, 0.1) is 21.8 Å². The Balaban J connectivity index is 1.56. The molecule has 34 heavy (non-hydrogen) atoms. The number of hydrogen-bond donors (Lipinski definition) is 1. The third-order valence-corrected chi connectivity index (χ3v) is 11.0. The Morgan fingerprint density at radius 1 is 1.24 bits per heavy atom. The highest BCUT2D eigenvalue weighted by molar-refractivity contribution is 8.01. The second-order valence-electron chi connectivity index (χ2n) is 8.64. The molecule has 2 aliphatic carbocycles. The smallest absolute Gasteiger partial charge is 0.219 e. The minimum absolute atomic E-state index is 0.108. The van der Waals surface area contributed by atoms with Gasteiger partial charge in [-0.3, -0.25) is 9.69 Å². The number of allylic oxidation sites excluding steroid dienone is 3. The number of ketones is 1. The van der Waals surface area contributed by atoms with Gasteiger partial charge in [0.1, 0.15) is 5.82 Å². The van der Waals surface area contributed by atoms with Gasteiger partial charge in [-0.15, -0.1) is 33.3 Å². The molecule has 2 aromatic rings. The number of nitrogens with two attached hydrogens (primary N) is 1. The number of anilines is 1. The average Bonchev–Trinajstić information content (AvgIpc) is 3.49. The molecule has 178 valence electrons. The number of hydrogen-bond acceptors (Lipinski definition) is 10. The molecule has 2 aromatic heterocycles. The van der Waals surface area contributed by atoms with Gasteiger partial charge in [0.25, 0.3) is 0 Å². The first-order valence-electron chi connectivity index (χ1n) is 11.8. The van der Waals surface area contributed by atoms with Gasteiger partial charge >= 0.3 is 0 Å². The van der Waals surface area contributed by atoms with E-state index in [1.807, 2.05) is 16.3 Å². The van der Waals surface area contributed by atoms with Crippen molar-refractivity contribution in [1.82, 2.24) is 10.2 Å². The predicted molar refractivity (Wildman–Crippen MR) is 141 cm³/mol. The highest BCUT2D eigenvalue weighted by atomic mass is 32.2. The van der Waals surface area contributed by atoms with Gasteiger partial charge in [0.2, 0.25) is 5.13 Å². The number of aromatic nitrogens is 2. The van der Waals surface area contributed by atoms with E-state index in [4.69, 9.17) is 5.73 Å². The summed E-state index contributed by atoms with van der Waals surface area (Å²) in [6.45, 7) is 2.11. The van der Waals surface area contributed by atoms with Gasteiger partial charge in [-0.2, -0.15) is 5.26 Å². The molecular weight excluding hydrogens is 503 g/mol. The molecule has 0 radical (unpaired) electrons. The summed E-state index contributed by atoms with van der Waals surface area (Å²) >= 11 is 6.72. The van der Waals surface area contributed by atoms with Crippen LogP contribution in [0, 0.1) is 11.3 Å². The number of carbonyl (C=O) groups excluding carboxylic acids is 1. The van der Waals surface area contributed by atoms with Gasteiger partial charge in [-0.1, -0.05) is 49.3 Å². The lowest BCUT2D eigenvalue weighted by atomic mass is 9.76. The van der Waals surface area contributed by atoms with Gasteiger partial charge < -0.3 is 5.73 Å². The predicted octanol–water partition coefficient (Wildman–Crippen LogP) is 6.44. The zero-order valence-corrected chi connectivity index (χ0v) is 22.3. The molecule has 0 bridgehead atoms. The first kappa shape index (κ1) is 23.9. The molecule has 1 fully saturated rings. The number of carbonyl (C=O) groups is 1. The summed E-state index contributed by atoms with van der Waals surface area (Å²) in [7, 11) is 0. The second kappa shape index (κ2) is 10.4. The van der Waals surface area contributed by atoms with E-state index < -0.39 is 5.92 Å². The largest absolute Gasteiger partial charge is 0.384 e. The number of Topliss-reactive ketones (excluding diaryl/α,β-unsaturated/α-hetero) is 1. The van der Waals surface area contributed by atoms with Crippen LogP contribution in [0.1, 0.15) is 69.8 Å². The SMILES string of the molecule is CCSc1sccc1C1C(C#N)=C(N)N(c2nnc(SC3CCCCC3)s2)C2=C1C(=O)CCC2. The standard InChI is InChI=1S/C24H27N5OS4/c1-2-31-22-15(11-12-32-22)19-16(13-25)21(26)29(17-9-6-10-18(30)20(17)19)23-27-28-24(34-23)33-14-7-4-3-5-8-14/h11-12,14,19H,2-10,26H2,1H3. The van der Waals surface area contributed by atoms with E-state index in [9.17, 15) is 10.1 Å². The topological polar surface area (TPSA) is 95.9 Å². The van der Waals surface area contributed by atoms with Gasteiger partial charge in [0, 0.05) is 22.9 Å². The molecule has 1 saturated carbocycles. The summed E-state index contributed by atoms with van der Waals surface area (Å²) in [5, 5.41) is 22.4. The summed E-state index contributed by atoms with van der Waals surface area (Å²) in [5.41, 5.74) is 9.75. The van der Waals surface area contributed by atoms with Crippen LogP contribution in [-0.2, 0) is 4.79 Å². The summed E-state index contributed by atoms with van der Waals surface area (Å²) in [6, 6.07) is 4.41. The Labute approximate surface area is 216 Å². The van der Waals surface area contributed by atoms with Crippen LogP contribution in [0.15, 0.2) is 42.7 Å². The van der Waals surface area contributed by atoms with E-state index in [1.165, 1.54) is 43.4 Å². The number of nitriles is 1. The zero-order chi connectivity index (χ0) is 23.7. The van der Waals surface area contributed by atoms with Gasteiger partial charge in [-0.05, 0) is 48.4 Å². The van der Waals surface area contributed by atoms with E-state index in [0.717, 1.165) is 38.4 Å². The van der Waals surface area contributed by atoms with Crippen LogP contribution in [0.2, 0.25) is 0 Å². The fraction of sp³-hybridized carbons (Fsp3) is 0.500. The van der Waals surface area contributed by atoms with Gasteiger partial charge in [-0.25, -0.2) is 0 Å². The molecule has 10 heteroatoms. The lowest BCUT2D eigenvalue weighted by Gasteiger charge is -2.38. The van der Waals surface area contributed by atoms with Crippen molar-refractivity contribution in [2.75, 3.05) is 10.7 Å². The number of thiophene rings is 1. The molecule has 0 aromatic carbocycles. The average molecular weight is 530 g/mol. The first-order chi connectivity index (χ1) is 16.6. The molecule has 1 atom stereocenters. The van der Waals surface area contributed by atoms with Crippen LogP contribution >= 0.6 is 46.2 Å². The molecule has 3 heterocycles. The maximum absolute atomic E-state index is 13.3. The Morgan fingerprint density at radius 2 is 2.06 bits per heavy atom. The fourth-order valence-electron chi connectivity index (χ4n) is 5.05. The molecule has 0 amide bonds. The van der Waals surface area contributed by atoms with E-state index in [1.54, 1.807) is 34.9 Å². The van der Waals surface area contributed by atoms with E-state index in [0.29, 0.717) is 33.8 Å². The molecule has 1 unspecified atom stereocenters. The highest BCUT2D eigenvalue weighted by Crippen LogP contribution is 2.50. The van der Waals surface area contributed by atoms with Crippen LogP contribution in [-0.4, -0.2) is 27.0 Å². The molecule has 5 rings (SSSR count). The molecule has 2 N–H and O–H groups in total. The summed E-state index contributed by atoms with van der Waals surface area (Å²) in [5.74, 6) is 1.01. The molecular formula is C24H27N5OS4. The number of nitrogens with zero attached hydrogens (tertiary/aromatic N) is 4. The van der Waals surface area contributed by atoms with Crippen LogP contribution in [0.3, 0.4) is 0 Å². The minimum atomic E-state index is -0.409. The molecule has 3 aliphatic rings. The lowest BCUT2D eigenvalue weighted by Crippen LogP contribution is -2.38. The van der Waals surface area contributed by atoms with Crippen molar-refractivity contribution in [1.29, 1.82) is 5.26 Å². The van der Waals surface area contributed by atoms with E-state index >= 15 is 0 Å². The van der Waals surface area contributed by atoms with Crippen LogP contribution in [0.25, 0.3) is 0 Å². The normalized spacial score (nSPS) is 21.7. The Bertz CT molecular complexity index is 1180. The summed E-state index contributed by atoms with van der Waals surface area (Å²) in [4.78, 5) is 15.2. The molecule has 0 spiro atoms. The van der Waals surface area contributed by atoms with Crippen molar-refractivity contribution in [2.24, 2.45) is 5.73 Å². The van der Waals surface area contributed by atoms with Crippen molar-refractivity contribution >= 4 is 57.1 Å². The van der Waals surface area contributed by atoms with Crippen molar-refractivity contribution in [3.63, 3.8) is 0 Å². The minimum Gasteiger partial charge on any atom is -0.384 e. The second-order valence-corrected chi connectivity index (χ2v) is 13.6. The Kier molecular flexibility index (Phi) is 7.35. The Morgan fingerprint density at radius 3 is 2.82 bits per heavy atom. The van der Waals surface area contributed by atoms with Crippen molar-refractivity contribution in [2.45, 2.75) is 78.0 Å². The molecule has 0 saturated heterocycles. The summed E-state index contributed by atoms with van der Waals surface area (Å²) < 4.78 is 2.08. The molecule has 1 aliphatic heterocycles. The fourth-order valence-corrected chi connectivity index (χ4v) is 9.50. The Hall–Kier alpha value is -1.80. The monoisotopic (exact) mass is 529 g/mol. The van der Waals surface area contributed by atoms with Crippen molar-refractivity contribution < 1.29 is 4.79 Å². The van der Waals surface area contributed by atoms with E-state index in [2.05, 4.69) is 23.2 Å².